The summed E-state index contributed by atoms with van der Waals surface area (Å²) in [5.41, 5.74) is 1.84. The van der Waals surface area contributed by atoms with Crippen molar-refractivity contribution in [2.75, 3.05) is 12.4 Å². The number of nitrogens with zero attached hydrogens (tertiary/aromatic N) is 1. The number of ether oxygens (including phenoxy) is 1. The van der Waals surface area contributed by atoms with Crippen LogP contribution in [0.5, 0.6) is 5.88 Å². The molecule has 1 heterocycles. The number of carbonyl (C=O) groups is 1. The summed E-state index contributed by atoms with van der Waals surface area (Å²) in [6.07, 6.45) is 1.64. The Hall–Kier alpha value is -2.56. The number of aromatic carboxylic acids is 1. The van der Waals surface area contributed by atoms with Gasteiger partial charge < -0.3 is 15.2 Å². The van der Waals surface area contributed by atoms with Crippen LogP contribution in [0.25, 0.3) is 0 Å². The van der Waals surface area contributed by atoms with Crippen LogP contribution in [-0.2, 0) is 6.54 Å². The zero-order chi connectivity index (χ0) is 13.7. The van der Waals surface area contributed by atoms with Gasteiger partial charge in [0.1, 0.15) is 0 Å². The van der Waals surface area contributed by atoms with Gasteiger partial charge in [-0.1, -0.05) is 18.2 Å². The van der Waals surface area contributed by atoms with Gasteiger partial charge in [0.2, 0.25) is 5.88 Å². The predicted octanol–water partition coefficient (Wildman–Crippen LogP) is 2.40. The van der Waals surface area contributed by atoms with Crippen LogP contribution in [0.3, 0.4) is 0 Å². The van der Waals surface area contributed by atoms with E-state index in [9.17, 15) is 4.79 Å². The number of carboxylic acid groups (broad SMARTS) is 1. The predicted molar refractivity (Wildman–Crippen MR) is 71.5 cm³/mol. The molecule has 0 saturated heterocycles. The van der Waals surface area contributed by atoms with Crippen molar-refractivity contribution < 1.29 is 14.6 Å². The normalized spacial score (nSPS) is 9.95. The summed E-state index contributed by atoms with van der Waals surface area (Å²) in [6, 6.07) is 10.5. The average molecular weight is 258 g/mol. The summed E-state index contributed by atoms with van der Waals surface area (Å²) >= 11 is 0. The molecule has 5 heteroatoms. The molecule has 0 unspecified atom stereocenters. The summed E-state index contributed by atoms with van der Waals surface area (Å²) in [5.74, 6) is -0.387. The van der Waals surface area contributed by atoms with Crippen LogP contribution in [0.4, 0.5) is 5.69 Å². The lowest BCUT2D eigenvalue weighted by Crippen LogP contribution is -2.07. The highest BCUT2D eigenvalue weighted by molar-refractivity contribution is 5.89. The van der Waals surface area contributed by atoms with Gasteiger partial charge >= 0.3 is 5.97 Å². The Morgan fingerprint density at radius 3 is 2.74 bits per heavy atom. The van der Waals surface area contributed by atoms with Crippen LogP contribution in [0, 0.1) is 0 Å². The molecule has 1 aromatic heterocycles. The Bertz CT molecular complexity index is 567. The van der Waals surface area contributed by atoms with E-state index >= 15 is 0 Å². The third-order valence-electron chi connectivity index (χ3n) is 2.68. The molecule has 0 amide bonds. The second-order valence-corrected chi connectivity index (χ2v) is 3.91. The first kappa shape index (κ1) is 12.9. The van der Waals surface area contributed by atoms with Crippen LogP contribution < -0.4 is 10.1 Å². The first-order valence-electron chi connectivity index (χ1n) is 5.76. The number of pyridine rings is 1. The molecule has 19 heavy (non-hydrogen) atoms. The second-order valence-electron chi connectivity index (χ2n) is 3.91. The molecule has 0 spiro atoms. The SMILES string of the molecule is COc1ccc(NCc2ccccc2C(=O)O)cn1. The van der Waals surface area contributed by atoms with E-state index in [4.69, 9.17) is 9.84 Å². The number of hydrogen-bond donors (Lipinski definition) is 2. The van der Waals surface area contributed by atoms with E-state index < -0.39 is 5.97 Å². The minimum atomic E-state index is -0.926. The van der Waals surface area contributed by atoms with E-state index in [0.29, 0.717) is 18.0 Å². The highest BCUT2D eigenvalue weighted by atomic mass is 16.5. The number of carboxylic acids is 1. The van der Waals surface area contributed by atoms with Crippen molar-refractivity contribution in [2.45, 2.75) is 6.54 Å². The van der Waals surface area contributed by atoms with Crippen LogP contribution in [0.15, 0.2) is 42.6 Å². The van der Waals surface area contributed by atoms with Gasteiger partial charge in [-0.3, -0.25) is 0 Å². The quantitative estimate of drug-likeness (QED) is 0.861. The van der Waals surface area contributed by atoms with Crippen LogP contribution in [-0.4, -0.2) is 23.2 Å². The lowest BCUT2D eigenvalue weighted by Gasteiger charge is -2.09. The smallest absolute Gasteiger partial charge is 0.336 e. The molecule has 2 aromatic rings. The molecular weight excluding hydrogens is 244 g/mol. The van der Waals surface area contributed by atoms with E-state index in [-0.39, 0.29) is 0 Å². The van der Waals surface area contributed by atoms with Crippen molar-refractivity contribution in [2.24, 2.45) is 0 Å². The van der Waals surface area contributed by atoms with Gasteiger partial charge in [0, 0.05) is 12.6 Å². The number of benzene rings is 1. The summed E-state index contributed by atoms with van der Waals surface area (Å²) in [5, 5.41) is 12.2. The van der Waals surface area contributed by atoms with Crippen molar-refractivity contribution in [3.8, 4) is 5.88 Å². The Balaban J connectivity index is 2.07. The molecule has 0 aliphatic carbocycles. The number of nitrogens with one attached hydrogen (secondary N) is 1. The van der Waals surface area contributed by atoms with E-state index in [1.54, 1.807) is 37.6 Å². The summed E-state index contributed by atoms with van der Waals surface area (Å²) < 4.78 is 4.97. The van der Waals surface area contributed by atoms with Gasteiger partial charge in [0.25, 0.3) is 0 Å². The summed E-state index contributed by atoms with van der Waals surface area (Å²) in [4.78, 5) is 15.1. The standard InChI is InChI=1S/C14H14N2O3/c1-19-13-7-6-11(9-16-13)15-8-10-4-2-3-5-12(10)14(17)18/h2-7,9,15H,8H2,1H3,(H,17,18). The number of anilines is 1. The summed E-state index contributed by atoms with van der Waals surface area (Å²) in [7, 11) is 1.55. The average Bonchev–Trinajstić information content (AvgIpc) is 2.46. The Morgan fingerprint density at radius 2 is 2.11 bits per heavy atom. The molecule has 5 nitrogen and oxygen atoms in total. The topological polar surface area (TPSA) is 71.5 Å². The molecule has 0 radical (unpaired) electrons. The molecule has 0 bridgehead atoms. The third kappa shape index (κ3) is 3.22. The monoisotopic (exact) mass is 258 g/mol. The lowest BCUT2D eigenvalue weighted by molar-refractivity contribution is 0.0696. The van der Waals surface area contributed by atoms with Crippen molar-refractivity contribution in [3.63, 3.8) is 0 Å². The van der Waals surface area contributed by atoms with E-state index in [0.717, 1.165) is 11.3 Å². The molecule has 0 fully saturated rings. The van der Waals surface area contributed by atoms with E-state index in [2.05, 4.69) is 10.3 Å². The fraction of sp³-hybridized carbons (Fsp3) is 0.143. The molecular formula is C14H14N2O3. The third-order valence-corrected chi connectivity index (χ3v) is 2.68. The van der Waals surface area contributed by atoms with Gasteiger partial charge in [0.05, 0.1) is 24.6 Å². The van der Waals surface area contributed by atoms with Crippen LogP contribution >= 0.6 is 0 Å². The van der Waals surface area contributed by atoms with Crippen molar-refractivity contribution in [3.05, 3.63) is 53.7 Å². The van der Waals surface area contributed by atoms with Crippen LogP contribution in [0.2, 0.25) is 0 Å². The molecule has 0 aliphatic rings. The van der Waals surface area contributed by atoms with Gasteiger partial charge in [-0.05, 0) is 17.7 Å². The molecule has 2 N–H and O–H groups in total. The van der Waals surface area contributed by atoms with Crippen molar-refractivity contribution >= 4 is 11.7 Å². The van der Waals surface area contributed by atoms with E-state index in [1.165, 1.54) is 0 Å². The molecule has 0 atom stereocenters. The zero-order valence-electron chi connectivity index (χ0n) is 10.5. The maximum Gasteiger partial charge on any atom is 0.336 e. The summed E-state index contributed by atoms with van der Waals surface area (Å²) in [6.45, 7) is 0.427. The largest absolute Gasteiger partial charge is 0.481 e. The first-order valence-corrected chi connectivity index (χ1v) is 5.76. The molecule has 98 valence electrons. The lowest BCUT2D eigenvalue weighted by atomic mass is 10.1. The van der Waals surface area contributed by atoms with Gasteiger partial charge in [-0.15, -0.1) is 0 Å². The Kier molecular flexibility index (Phi) is 3.97. The number of hydrogen-bond acceptors (Lipinski definition) is 4. The number of rotatable bonds is 5. The molecule has 0 aliphatic heterocycles. The highest BCUT2D eigenvalue weighted by Gasteiger charge is 2.08. The molecule has 1 aromatic carbocycles. The number of methoxy groups -OCH3 is 1. The number of aromatic nitrogens is 1. The Morgan fingerprint density at radius 1 is 1.32 bits per heavy atom. The fourth-order valence-corrected chi connectivity index (χ4v) is 1.69. The molecule has 2 rings (SSSR count). The maximum absolute atomic E-state index is 11.1. The van der Waals surface area contributed by atoms with E-state index in [1.807, 2.05) is 12.1 Å². The fourth-order valence-electron chi connectivity index (χ4n) is 1.69. The van der Waals surface area contributed by atoms with Gasteiger partial charge in [-0.25, -0.2) is 9.78 Å². The minimum absolute atomic E-state index is 0.302. The molecule has 0 saturated carbocycles. The van der Waals surface area contributed by atoms with Gasteiger partial charge in [-0.2, -0.15) is 0 Å². The van der Waals surface area contributed by atoms with Crippen molar-refractivity contribution in [1.29, 1.82) is 0 Å². The van der Waals surface area contributed by atoms with Gasteiger partial charge in [0.15, 0.2) is 0 Å². The maximum atomic E-state index is 11.1. The first-order chi connectivity index (χ1) is 9.20. The second kappa shape index (κ2) is 5.86. The van der Waals surface area contributed by atoms with Crippen molar-refractivity contribution in [1.82, 2.24) is 4.98 Å². The Labute approximate surface area is 110 Å². The minimum Gasteiger partial charge on any atom is -0.481 e. The van der Waals surface area contributed by atoms with Crippen LogP contribution in [0.1, 0.15) is 15.9 Å². The highest BCUT2D eigenvalue weighted by Crippen LogP contribution is 2.14. The zero-order valence-corrected chi connectivity index (χ0v) is 10.5.